The van der Waals surface area contributed by atoms with Crippen LogP contribution in [-0.2, 0) is 9.59 Å². The van der Waals surface area contributed by atoms with Gasteiger partial charge in [0.05, 0.1) is 6.61 Å². The summed E-state index contributed by atoms with van der Waals surface area (Å²) >= 11 is 0. The van der Waals surface area contributed by atoms with Crippen molar-refractivity contribution in [3.8, 4) is 11.5 Å². The molecule has 8 nitrogen and oxygen atoms in total. The molecule has 24 heavy (non-hydrogen) atoms. The van der Waals surface area contributed by atoms with Crippen molar-refractivity contribution in [3.05, 3.63) is 24.3 Å². The SMILES string of the molecule is CCOc1cccc(OCC(O)CNC(C)C)c1.O=C(O)C(=O)O. The third kappa shape index (κ3) is 11.3. The van der Waals surface area contributed by atoms with Crippen molar-refractivity contribution in [2.24, 2.45) is 0 Å². The minimum Gasteiger partial charge on any atom is -0.494 e. The molecule has 0 aliphatic carbocycles. The molecule has 0 saturated carbocycles. The van der Waals surface area contributed by atoms with Gasteiger partial charge >= 0.3 is 11.9 Å². The number of hydrogen-bond donors (Lipinski definition) is 4. The van der Waals surface area contributed by atoms with Crippen LogP contribution in [0.2, 0.25) is 0 Å². The van der Waals surface area contributed by atoms with Crippen molar-refractivity contribution in [2.45, 2.75) is 32.9 Å². The largest absolute Gasteiger partial charge is 0.494 e. The topological polar surface area (TPSA) is 125 Å². The lowest BCUT2D eigenvalue weighted by Crippen LogP contribution is -2.35. The van der Waals surface area contributed by atoms with E-state index in [2.05, 4.69) is 5.32 Å². The van der Waals surface area contributed by atoms with Crippen LogP contribution in [0.5, 0.6) is 11.5 Å². The van der Waals surface area contributed by atoms with E-state index in [-0.39, 0.29) is 6.61 Å². The lowest BCUT2D eigenvalue weighted by atomic mass is 10.3. The van der Waals surface area contributed by atoms with Gasteiger partial charge in [-0.25, -0.2) is 9.59 Å². The smallest absolute Gasteiger partial charge is 0.414 e. The Kier molecular flexibility index (Phi) is 11.0. The van der Waals surface area contributed by atoms with Gasteiger partial charge in [0, 0.05) is 18.7 Å². The van der Waals surface area contributed by atoms with Crippen molar-refractivity contribution < 1.29 is 34.4 Å². The highest BCUT2D eigenvalue weighted by molar-refractivity contribution is 6.27. The van der Waals surface area contributed by atoms with Crippen LogP contribution >= 0.6 is 0 Å². The summed E-state index contributed by atoms with van der Waals surface area (Å²) in [6.45, 7) is 7.45. The molecular formula is C16H25NO7. The summed E-state index contributed by atoms with van der Waals surface area (Å²) in [6, 6.07) is 7.80. The number of ether oxygens (including phenoxy) is 2. The van der Waals surface area contributed by atoms with E-state index < -0.39 is 18.0 Å². The summed E-state index contributed by atoms with van der Waals surface area (Å²) in [7, 11) is 0. The zero-order chi connectivity index (χ0) is 18.5. The highest BCUT2D eigenvalue weighted by Crippen LogP contribution is 2.19. The minimum atomic E-state index is -1.82. The highest BCUT2D eigenvalue weighted by atomic mass is 16.5. The minimum absolute atomic E-state index is 0.273. The average Bonchev–Trinajstić information content (AvgIpc) is 2.52. The molecule has 1 unspecified atom stereocenters. The Labute approximate surface area is 141 Å². The predicted molar refractivity (Wildman–Crippen MR) is 87.5 cm³/mol. The summed E-state index contributed by atoms with van der Waals surface area (Å²) in [5.74, 6) is -2.15. The number of carboxylic acids is 2. The van der Waals surface area contributed by atoms with E-state index in [1.54, 1.807) is 0 Å². The van der Waals surface area contributed by atoms with Gasteiger partial charge in [-0.15, -0.1) is 0 Å². The normalized spacial score (nSPS) is 11.2. The molecule has 0 heterocycles. The van der Waals surface area contributed by atoms with Crippen molar-refractivity contribution in [2.75, 3.05) is 19.8 Å². The van der Waals surface area contributed by atoms with Crippen molar-refractivity contribution in [1.82, 2.24) is 5.32 Å². The molecule has 0 aromatic heterocycles. The number of nitrogens with one attached hydrogen (secondary N) is 1. The van der Waals surface area contributed by atoms with Gasteiger partial charge in [0.2, 0.25) is 0 Å². The first kappa shape index (κ1) is 21.7. The standard InChI is InChI=1S/C14H23NO3.C2H2O4/c1-4-17-13-6-5-7-14(8-13)18-10-12(16)9-15-11(2)3;3-1(4)2(5)6/h5-8,11-12,15-16H,4,9-10H2,1-3H3;(H,3,4)(H,5,6). The number of rotatable bonds is 8. The third-order valence-electron chi connectivity index (χ3n) is 2.50. The van der Waals surface area contributed by atoms with Crippen molar-refractivity contribution >= 4 is 11.9 Å². The van der Waals surface area contributed by atoms with E-state index in [1.807, 2.05) is 45.0 Å². The Bertz CT molecular complexity index is 493. The number of hydrogen-bond acceptors (Lipinski definition) is 6. The Morgan fingerprint density at radius 2 is 1.67 bits per heavy atom. The Balaban J connectivity index is 0.000000754. The van der Waals surface area contributed by atoms with E-state index in [4.69, 9.17) is 29.3 Å². The van der Waals surface area contributed by atoms with Crippen LogP contribution in [0.4, 0.5) is 0 Å². The number of carboxylic acid groups (broad SMARTS) is 2. The summed E-state index contributed by atoms with van der Waals surface area (Å²) in [5, 5.41) is 27.7. The monoisotopic (exact) mass is 343 g/mol. The molecule has 1 atom stereocenters. The van der Waals surface area contributed by atoms with Crippen LogP contribution in [0.15, 0.2) is 24.3 Å². The maximum Gasteiger partial charge on any atom is 0.414 e. The van der Waals surface area contributed by atoms with E-state index >= 15 is 0 Å². The van der Waals surface area contributed by atoms with E-state index in [0.29, 0.717) is 24.9 Å². The third-order valence-corrected chi connectivity index (χ3v) is 2.50. The van der Waals surface area contributed by atoms with Crippen LogP contribution in [0.25, 0.3) is 0 Å². The van der Waals surface area contributed by atoms with Crippen molar-refractivity contribution in [3.63, 3.8) is 0 Å². The number of aliphatic hydroxyl groups is 1. The molecule has 0 saturated heterocycles. The summed E-state index contributed by atoms with van der Waals surface area (Å²) < 4.78 is 10.9. The molecule has 1 rings (SSSR count). The average molecular weight is 343 g/mol. The fourth-order valence-corrected chi connectivity index (χ4v) is 1.44. The van der Waals surface area contributed by atoms with Gasteiger partial charge in [0.1, 0.15) is 24.2 Å². The maximum atomic E-state index is 9.71. The molecule has 0 aliphatic rings. The first-order valence-corrected chi connectivity index (χ1v) is 7.49. The van der Waals surface area contributed by atoms with Crippen molar-refractivity contribution in [1.29, 1.82) is 0 Å². The summed E-state index contributed by atoms with van der Waals surface area (Å²) in [5.41, 5.74) is 0. The van der Waals surface area contributed by atoms with E-state index in [9.17, 15) is 5.11 Å². The molecule has 136 valence electrons. The molecule has 1 aromatic rings. The van der Waals surface area contributed by atoms with Gasteiger partial charge in [-0.3, -0.25) is 0 Å². The molecule has 0 amide bonds. The quantitative estimate of drug-likeness (QED) is 0.515. The molecule has 0 spiro atoms. The zero-order valence-electron chi connectivity index (χ0n) is 14.1. The summed E-state index contributed by atoms with van der Waals surface area (Å²) in [4.78, 5) is 18.2. The number of carbonyl (C=O) groups is 2. The molecule has 0 fully saturated rings. The molecule has 0 bridgehead atoms. The maximum absolute atomic E-state index is 9.71. The fraction of sp³-hybridized carbons (Fsp3) is 0.500. The molecule has 8 heteroatoms. The molecule has 0 aliphatic heterocycles. The number of aliphatic hydroxyl groups excluding tert-OH is 1. The van der Waals surface area contributed by atoms with Gasteiger partial charge in [-0.1, -0.05) is 19.9 Å². The first-order valence-electron chi connectivity index (χ1n) is 7.49. The first-order chi connectivity index (χ1) is 11.3. The Morgan fingerprint density at radius 1 is 1.12 bits per heavy atom. The van der Waals surface area contributed by atoms with E-state index in [1.165, 1.54) is 0 Å². The van der Waals surface area contributed by atoms with Crippen LogP contribution in [-0.4, -0.2) is 59.2 Å². The van der Waals surface area contributed by atoms with E-state index in [0.717, 1.165) is 5.75 Å². The molecule has 4 N–H and O–H groups in total. The Morgan fingerprint density at radius 3 is 2.12 bits per heavy atom. The van der Waals surface area contributed by atoms with Gasteiger partial charge in [0.25, 0.3) is 0 Å². The Hall–Kier alpha value is -2.32. The molecule has 0 radical (unpaired) electrons. The molecular weight excluding hydrogens is 318 g/mol. The second kappa shape index (κ2) is 12.1. The van der Waals surface area contributed by atoms with Crippen LogP contribution in [0.3, 0.4) is 0 Å². The predicted octanol–water partition coefficient (Wildman–Crippen LogP) is 0.979. The molecule has 1 aromatic carbocycles. The van der Waals surface area contributed by atoms with Gasteiger partial charge < -0.3 is 30.1 Å². The van der Waals surface area contributed by atoms with Crippen LogP contribution < -0.4 is 14.8 Å². The van der Waals surface area contributed by atoms with Gasteiger partial charge in [-0.05, 0) is 19.1 Å². The van der Waals surface area contributed by atoms with Crippen LogP contribution in [0, 0.1) is 0 Å². The fourth-order valence-electron chi connectivity index (χ4n) is 1.44. The second-order valence-corrected chi connectivity index (χ2v) is 5.05. The summed E-state index contributed by atoms with van der Waals surface area (Å²) in [6.07, 6.45) is -0.511. The van der Waals surface area contributed by atoms with Crippen LogP contribution in [0.1, 0.15) is 20.8 Å². The number of benzene rings is 1. The second-order valence-electron chi connectivity index (χ2n) is 5.05. The highest BCUT2D eigenvalue weighted by Gasteiger charge is 2.06. The lowest BCUT2D eigenvalue weighted by molar-refractivity contribution is -0.159. The van der Waals surface area contributed by atoms with Gasteiger partial charge in [-0.2, -0.15) is 0 Å². The lowest BCUT2D eigenvalue weighted by Gasteiger charge is -2.15. The van der Waals surface area contributed by atoms with Gasteiger partial charge in [0.15, 0.2) is 0 Å². The number of aliphatic carboxylic acids is 2. The zero-order valence-corrected chi connectivity index (χ0v) is 14.1.